The summed E-state index contributed by atoms with van der Waals surface area (Å²) in [6.45, 7) is 5.78. The van der Waals surface area contributed by atoms with Crippen LogP contribution in [0.4, 0.5) is 4.79 Å². The van der Waals surface area contributed by atoms with Crippen molar-refractivity contribution in [2.24, 2.45) is 5.92 Å². The Labute approximate surface area is 78.5 Å². The molecule has 1 saturated heterocycles. The highest BCUT2D eigenvalue weighted by molar-refractivity contribution is 5.65. The van der Waals surface area contributed by atoms with E-state index in [1.165, 1.54) is 4.90 Å². The van der Waals surface area contributed by atoms with Crippen LogP contribution < -0.4 is 0 Å². The van der Waals surface area contributed by atoms with Crippen molar-refractivity contribution in [3.8, 4) is 0 Å². The molecule has 1 unspecified atom stereocenters. The van der Waals surface area contributed by atoms with Gasteiger partial charge in [-0.1, -0.05) is 13.8 Å². The van der Waals surface area contributed by atoms with E-state index >= 15 is 0 Å². The van der Waals surface area contributed by atoms with E-state index in [-0.39, 0.29) is 6.10 Å². The van der Waals surface area contributed by atoms with E-state index in [2.05, 4.69) is 13.8 Å². The predicted octanol–water partition coefficient (Wildman–Crippen LogP) is 1.41. The van der Waals surface area contributed by atoms with Crippen LogP contribution in [0, 0.1) is 5.92 Å². The van der Waals surface area contributed by atoms with Crippen molar-refractivity contribution < 1.29 is 14.6 Å². The van der Waals surface area contributed by atoms with Crippen molar-refractivity contribution in [1.82, 2.24) is 4.90 Å². The molecule has 4 heteroatoms. The first-order valence-electron chi connectivity index (χ1n) is 4.69. The second kappa shape index (κ2) is 4.46. The zero-order chi connectivity index (χ0) is 9.84. The van der Waals surface area contributed by atoms with Crippen LogP contribution >= 0.6 is 0 Å². The lowest BCUT2D eigenvalue weighted by atomic mass is 10.0. The van der Waals surface area contributed by atoms with E-state index in [1.54, 1.807) is 0 Å². The van der Waals surface area contributed by atoms with Gasteiger partial charge < -0.3 is 14.7 Å². The maximum atomic E-state index is 10.7. The minimum Gasteiger partial charge on any atom is -0.465 e. The maximum absolute atomic E-state index is 10.7. The number of rotatable bonds is 2. The molecule has 0 aromatic carbocycles. The highest BCUT2D eigenvalue weighted by Gasteiger charge is 2.23. The number of morpholine rings is 1. The molecule has 0 aromatic rings. The first-order valence-corrected chi connectivity index (χ1v) is 4.69. The number of hydrogen-bond acceptors (Lipinski definition) is 2. The summed E-state index contributed by atoms with van der Waals surface area (Å²) in [6.07, 6.45) is 0.186. The molecular formula is C9H17NO3. The van der Waals surface area contributed by atoms with Crippen molar-refractivity contribution in [2.45, 2.75) is 26.4 Å². The van der Waals surface area contributed by atoms with Gasteiger partial charge in [0.25, 0.3) is 0 Å². The van der Waals surface area contributed by atoms with Crippen molar-refractivity contribution in [1.29, 1.82) is 0 Å². The molecule has 4 nitrogen and oxygen atoms in total. The summed E-state index contributed by atoms with van der Waals surface area (Å²) in [4.78, 5) is 12.1. The van der Waals surface area contributed by atoms with Crippen LogP contribution in [0.2, 0.25) is 0 Å². The number of carboxylic acid groups (broad SMARTS) is 1. The van der Waals surface area contributed by atoms with Gasteiger partial charge in [0, 0.05) is 6.54 Å². The van der Waals surface area contributed by atoms with Gasteiger partial charge in [-0.3, -0.25) is 0 Å². The van der Waals surface area contributed by atoms with Gasteiger partial charge in [-0.2, -0.15) is 0 Å². The molecule has 1 atom stereocenters. The predicted molar refractivity (Wildman–Crippen MR) is 48.8 cm³/mol. The number of ether oxygens (including phenoxy) is 1. The fourth-order valence-corrected chi connectivity index (χ4v) is 1.56. The summed E-state index contributed by atoms with van der Waals surface area (Å²) in [6, 6.07) is 0. The summed E-state index contributed by atoms with van der Waals surface area (Å²) in [5.41, 5.74) is 0. The third-order valence-electron chi connectivity index (χ3n) is 2.14. The van der Waals surface area contributed by atoms with Gasteiger partial charge in [-0.05, 0) is 12.3 Å². The third-order valence-corrected chi connectivity index (χ3v) is 2.14. The molecule has 0 bridgehead atoms. The standard InChI is InChI=1S/C9H17NO3/c1-7(2)5-8-6-10(9(11)12)3-4-13-8/h7-8H,3-6H2,1-2H3,(H,11,12). The normalized spacial score (nSPS) is 23.6. The van der Waals surface area contributed by atoms with E-state index in [0.29, 0.717) is 25.6 Å². The monoisotopic (exact) mass is 187 g/mol. The number of carbonyl (C=O) groups is 1. The summed E-state index contributed by atoms with van der Waals surface area (Å²) in [5.74, 6) is 0.554. The van der Waals surface area contributed by atoms with E-state index in [4.69, 9.17) is 9.84 Å². The van der Waals surface area contributed by atoms with E-state index in [9.17, 15) is 4.79 Å². The number of hydrogen-bond donors (Lipinski definition) is 1. The lowest BCUT2D eigenvalue weighted by Crippen LogP contribution is -2.45. The van der Waals surface area contributed by atoms with Gasteiger partial charge in [-0.15, -0.1) is 0 Å². The molecule has 1 heterocycles. The molecule has 1 aliphatic rings. The molecule has 1 N–H and O–H groups in total. The molecule has 1 aliphatic heterocycles. The molecule has 76 valence electrons. The molecule has 1 fully saturated rings. The fraction of sp³-hybridized carbons (Fsp3) is 0.889. The van der Waals surface area contributed by atoms with Gasteiger partial charge in [0.05, 0.1) is 19.3 Å². The minimum absolute atomic E-state index is 0.0878. The summed E-state index contributed by atoms with van der Waals surface area (Å²) < 4.78 is 5.46. The van der Waals surface area contributed by atoms with Crippen molar-refractivity contribution in [3.63, 3.8) is 0 Å². The zero-order valence-electron chi connectivity index (χ0n) is 8.19. The van der Waals surface area contributed by atoms with Crippen molar-refractivity contribution >= 4 is 6.09 Å². The Morgan fingerprint density at radius 3 is 2.92 bits per heavy atom. The molecule has 13 heavy (non-hydrogen) atoms. The van der Waals surface area contributed by atoms with E-state index in [0.717, 1.165) is 6.42 Å². The third kappa shape index (κ3) is 3.22. The first kappa shape index (κ1) is 10.3. The van der Waals surface area contributed by atoms with E-state index < -0.39 is 6.09 Å². The molecule has 0 aliphatic carbocycles. The van der Waals surface area contributed by atoms with Crippen molar-refractivity contribution in [2.75, 3.05) is 19.7 Å². The minimum atomic E-state index is -0.836. The highest BCUT2D eigenvalue weighted by atomic mass is 16.5. The zero-order valence-corrected chi connectivity index (χ0v) is 8.19. The average Bonchev–Trinajstić information content (AvgIpc) is 2.03. The quantitative estimate of drug-likeness (QED) is 0.711. The summed E-state index contributed by atoms with van der Waals surface area (Å²) in [7, 11) is 0. The van der Waals surface area contributed by atoms with Gasteiger partial charge >= 0.3 is 6.09 Å². The Kier molecular flexibility index (Phi) is 3.54. The molecule has 1 amide bonds. The van der Waals surface area contributed by atoms with Crippen LogP contribution in [0.1, 0.15) is 20.3 Å². The average molecular weight is 187 g/mol. The van der Waals surface area contributed by atoms with Gasteiger partial charge in [0.2, 0.25) is 0 Å². The van der Waals surface area contributed by atoms with Crippen LogP contribution in [-0.2, 0) is 4.74 Å². The molecule has 1 rings (SSSR count). The highest BCUT2D eigenvalue weighted by Crippen LogP contribution is 2.13. The molecule has 0 saturated carbocycles. The molecule has 0 spiro atoms. The lowest BCUT2D eigenvalue weighted by Gasteiger charge is -2.31. The van der Waals surface area contributed by atoms with Crippen LogP contribution in [0.5, 0.6) is 0 Å². The molecular weight excluding hydrogens is 170 g/mol. The van der Waals surface area contributed by atoms with Crippen LogP contribution in [0.15, 0.2) is 0 Å². The topological polar surface area (TPSA) is 49.8 Å². The first-order chi connectivity index (χ1) is 6.09. The molecule has 0 radical (unpaired) electrons. The Balaban J connectivity index is 2.37. The fourth-order valence-electron chi connectivity index (χ4n) is 1.56. The number of amides is 1. The lowest BCUT2D eigenvalue weighted by molar-refractivity contribution is -0.0305. The van der Waals surface area contributed by atoms with Gasteiger partial charge in [0.15, 0.2) is 0 Å². The van der Waals surface area contributed by atoms with Crippen LogP contribution in [0.3, 0.4) is 0 Å². The largest absolute Gasteiger partial charge is 0.465 e. The van der Waals surface area contributed by atoms with Crippen LogP contribution in [-0.4, -0.2) is 41.9 Å². The van der Waals surface area contributed by atoms with E-state index in [1.807, 2.05) is 0 Å². The maximum Gasteiger partial charge on any atom is 0.407 e. The second-order valence-corrected chi connectivity index (χ2v) is 3.85. The summed E-state index contributed by atoms with van der Waals surface area (Å²) >= 11 is 0. The Morgan fingerprint density at radius 1 is 1.69 bits per heavy atom. The summed E-state index contributed by atoms with van der Waals surface area (Å²) in [5, 5.41) is 8.76. The van der Waals surface area contributed by atoms with Gasteiger partial charge in [0.1, 0.15) is 0 Å². The van der Waals surface area contributed by atoms with Crippen LogP contribution in [0.25, 0.3) is 0 Å². The second-order valence-electron chi connectivity index (χ2n) is 3.85. The Bertz CT molecular complexity index is 182. The van der Waals surface area contributed by atoms with Crippen molar-refractivity contribution in [3.05, 3.63) is 0 Å². The number of nitrogens with zero attached hydrogens (tertiary/aromatic N) is 1. The Morgan fingerprint density at radius 2 is 2.38 bits per heavy atom. The molecule has 0 aromatic heterocycles. The Hall–Kier alpha value is -0.770. The van der Waals surface area contributed by atoms with Gasteiger partial charge in [-0.25, -0.2) is 4.79 Å². The smallest absolute Gasteiger partial charge is 0.407 e. The SMILES string of the molecule is CC(C)CC1CN(C(=O)O)CCO1.